The minimum absolute atomic E-state index is 0.209. The lowest BCUT2D eigenvalue weighted by atomic mass is 10.1. The van der Waals surface area contributed by atoms with Crippen molar-refractivity contribution < 1.29 is 4.79 Å². The van der Waals surface area contributed by atoms with Crippen LogP contribution < -0.4 is 10.6 Å². The van der Waals surface area contributed by atoms with Gasteiger partial charge in [-0.1, -0.05) is 36.4 Å². The van der Waals surface area contributed by atoms with Crippen molar-refractivity contribution in [1.29, 1.82) is 0 Å². The Balaban J connectivity index is 1.34. The van der Waals surface area contributed by atoms with E-state index in [0.717, 1.165) is 35.4 Å². The smallest absolute Gasteiger partial charge is 0.274 e. The molecule has 5 nitrogen and oxygen atoms in total. The molecular weight excluding hydrogens is 348 g/mol. The molecule has 0 radical (unpaired) electrons. The largest absolute Gasteiger partial charge is 0.383 e. The number of hydrogen-bond donors (Lipinski definition) is 3. The third kappa shape index (κ3) is 3.88. The second-order valence-electron chi connectivity index (χ2n) is 6.74. The number of aromatic amines is 1. The van der Waals surface area contributed by atoms with Gasteiger partial charge in [0.15, 0.2) is 0 Å². The zero-order chi connectivity index (χ0) is 19.3. The van der Waals surface area contributed by atoms with Gasteiger partial charge < -0.3 is 15.6 Å². The molecule has 0 bridgehead atoms. The molecule has 0 aliphatic carbocycles. The van der Waals surface area contributed by atoms with Crippen molar-refractivity contribution in [3.63, 3.8) is 0 Å². The molecule has 0 fully saturated rings. The molecule has 0 saturated heterocycles. The van der Waals surface area contributed by atoms with Crippen LogP contribution >= 0.6 is 0 Å². The van der Waals surface area contributed by atoms with E-state index in [0.29, 0.717) is 5.69 Å². The topological polar surface area (TPSA) is 69.8 Å². The number of nitrogens with one attached hydrogen (secondary N) is 3. The van der Waals surface area contributed by atoms with Gasteiger partial charge in [0, 0.05) is 29.3 Å². The van der Waals surface area contributed by atoms with Crippen molar-refractivity contribution in [2.75, 3.05) is 17.2 Å². The maximum Gasteiger partial charge on any atom is 0.274 e. The monoisotopic (exact) mass is 370 g/mol. The molecule has 2 aromatic heterocycles. The number of para-hydroxylation sites is 2. The van der Waals surface area contributed by atoms with E-state index < -0.39 is 0 Å². The molecule has 28 heavy (non-hydrogen) atoms. The number of fused-ring (bicyclic) bond motifs is 1. The number of aromatic nitrogens is 2. The molecule has 4 aromatic rings. The normalized spacial score (nSPS) is 10.8. The van der Waals surface area contributed by atoms with Crippen molar-refractivity contribution in [1.82, 2.24) is 9.97 Å². The summed E-state index contributed by atoms with van der Waals surface area (Å²) in [7, 11) is 0. The minimum atomic E-state index is -0.209. The number of anilines is 2. The summed E-state index contributed by atoms with van der Waals surface area (Å²) in [5.41, 5.74) is 5.55. The summed E-state index contributed by atoms with van der Waals surface area (Å²) < 4.78 is 0. The SMILES string of the molecule is Cc1ccccc1NC(=O)c1ccc(NCCc2c[nH]c3ccccc23)cn1. The second kappa shape index (κ2) is 7.96. The number of H-pyrrole nitrogens is 1. The molecule has 0 saturated carbocycles. The average Bonchev–Trinajstić information content (AvgIpc) is 3.13. The molecule has 1 amide bonds. The van der Waals surface area contributed by atoms with Crippen molar-refractivity contribution in [3.8, 4) is 0 Å². The summed E-state index contributed by atoms with van der Waals surface area (Å²) in [5, 5.41) is 7.52. The number of rotatable bonds is 6. The summed E-state index contributed by atoms with van der Waals surface area (Å²) >= 11 is 0. The Morgan fingerprint density at radius 1 is 1.04 bits per heavy atom. The second-order valence-corrected chi connectivity index (χ2v) is 6.74. The zero-order valence-electron chi connectivity index (χ0n) is 15.7. The predicted molar refractivity (Wildman–Crippen MR) is 114 cm³/mol. The molecule has 2 aromatic carbocycles. The lowest BCUT2D eigenvalue weighted by Gasteiger charge is -2.09. The Labute approximate surface area is 163 Å². The van der Waals surface area contributed by atoms with Crippen LogP contribution in [-0.2, 0) is 6.42 Å². The van der Waals surface area contributed by atoms with Gasteiger partial charge in [0.2, 0.25) is 0 Å². The molecular formula is C23H22N4O. The summed E-state index contributed by atoms with van der Waals surface area (Å²) in [6.45, 7) is 2.75. The first kappa shape index (κ1) is 17.8. The molecule has 0 unspecified atom stereocenters. The number of carbonyl (C=O) groups excluding carboxylic acids is 1. The highest BCUT2D eigenvalue weighted by molar-refractivity contribution is 6.03. The molecule has 140 valence electrons. The average molecular weight is 370 g/mol. The van der Waals surface area contributed by atoms with Crippen LogP contribution in [0.1, 0.15) is 21.6 Å². The van der Waals surface area contributed by atoms with E-state index in [1.165, 1.54) is 10.9 Å². The van der Waals surface area contributed by atoms with Crippen LogP contribution in [0.15, 0.2) is 73.1 Å². The van der Waals surface area contributed by atoms with Gasteiger partial charge in [0.1, 0.15) is 5.69 Å². The van der Waals surface area contributed by atoms with Gasteiger partial charge in [-0.2, -0.15) is 0 Å². The number of carbonyl (C=O) groups is 1. The Morgan fingerprint density at radius 2 is 1.86 bits per heavy atom. The van der Waals surface area contributed by atoms with Gasteiger partial charge in [-0.05, 0) is 48.7 Å². The van der Waals surface area contributed by atoms with E-state index in [-0.39, 0.29) is 5.91 Å². The molecule has 0 atom stereocenters. The lowest BCUT2D eigenvalue weighted by molar-refractivity contribution is 0.102. The van der Waals surface area contributed by atoms with Crippen molar-refractivity contribution in [2.24, 2.45) is 0 Å². The van der Waals surface area contributed by atoms with Crippen molar-refractivity contribution >= 4 is 28.2 Å². The fourth-order valence-electron chi connectivity index (χ4n) is 3.21. The van der Waals surface area contributed by atoms with Crippen LogP contribution in [0.2, 0.25) is 0 Å². The predicted octanol–water partition coefficient (Wildman–Crippen LogP) is 4.78. The van der Waals surface area contributed by atoms with E-state index in [9.17, 15) is 4.79 Å². The first-order valence-electron chi connectivity index (χ1n) is 9.32. The van der Waals surface area contributed by atoms with Gasteiger partial charge >= 0.3 is 0 Å². The molecule has 0 aliphatic heterocycles. The molecule has 3 N–H and O–H groups in total. The first-order valence-corrected chi connectivity index (χ1v) is 9.32. The molecule has 0 aliphatic rings. The number of pyridine rings is 1. The molecule has 2 heterocycles. The van der Waals surface area contributed by atoms with E-state index >= 15 is 0 Å². The molecule has 5 heteroatoms. The van der Waals surface area contributed by atoms with Crippen LogP contribution in [0.25, 0.3) is 10.9 Å². The van der Waals surface area contributed by atoms with E-state index in [2.05, 4.69) is 45.0 Å². The minimum Gasteiger partial charge on any atom is -0.383 e. The fourth-order valence-corrected chi connectivity index (χ4v) is 3.21. The van der Waals surface area contributed by atoms with Crippen LogP contribution in [-0.4, -0.2) is 22.4 Å². The third-order valence-corrected chi connectivity index (χ3v) is 4.79. The first-order chi connectivity index (χ1) is 13.7. The number of amides is 1. The van der Waals surface area contributed by atoms with Crippen LogP contribution in [0.4, 0.5) is 11.4 Å². The number of aryl methyl sites for hydroxylation is 1. The highest BCUT2D eigenvalue weighted by atomic mass is 16.1. The Hall–Kier alpha value is -3.60. The maximum atomic E-state index is 12.4. The van der Waals surface area contributed by atoms with Gasteiger partial charge in [-0.25, -0.2) is 4.98 Å². The maximum absolute atomic E-state index is 12.4. The Morgan fingerprint density at radius 3 is 2.68 bits per heavy atom. The van der Waals surface area contributed by atoms with Crippen LogP contribution in [0.3, 0.4) is 0 Å². The van der Waals surface area contributed by atoms with Gasteiger partial charge in [0.25, 0.3) is 5.91 Å². The van der Waals surface area contributed by atoms with E-state index in [4.69, 9.17) is 0 Å². The van der Waals surface area contributed by atoms with E-state index in [1.54, 1.807) is 12.3 Å². The van der Waals surface area contributed by atoms with Gasteiger partial charge in [-0.15, -0.1) is 0 Å². The highest BCUT2D eigenvalue weighted by Crippen LogP contribution is 2.18. The fraction of sp³-hybridized carbons (Fsp3) is 0.130. The lowest BCUT2D eigenvalue weighted by Crippen LogP contribution is -2.14. The number of nitrogens with zero attached hydrogens (tertiary/aromatic N) is 1. The van der Waals surface area contributed by atoms with Crippen LogP contribution in [0, 0.1) is 6.92 Å². The van der Waals surface area contributed by atoms with E-state index in [1.807, 2.05) is 43.3 Å². The Kier molecular flexibility index (Phi) is 5.06. The van der Waals surface area contributed by atoms with Gasteiger partial charge in [-0.3, -0.25) is 4.79 Å². The number of hydrogen-bond acceptors (Lipinski definition) is 3. The summed E-state index contributed by atoms with van der Waals surface area (Å²) in [6.07, 6.45) is 4.66. The summed E-state index contributed by atoms with van der Waals surface area (Å²) in [4.78, 5) is 20.0. The van der Waals surface area contributed by atoms with Crippen molar-refractivity contribution in [2.45, 2.75) is 13.3 Å². The summed E-state index contributed by atoms with van der Waals surface area (Å²) in [6, 6.07) is 19.6. The Bertz CT molecular complexity index is 1100. The standard InChI is InChI=1S/C23H22N4O/c1-16-6-2-4-8-20(16)27-23(28)22-11-10-18(15-26-22)24-13-12-17-14-25-21-9-5-3-7-19(17)21/h2-11,14-15,24-25H,12-13H2,1H3,(H,27,28). The molecule has 4 rings (SSSR count). The zero-order valence-corrected chi connectivity index (χ0v) is 15.7. The van der Waals surface area contributed by atoms with Crippen molar-refractivity contribution in [3.05, 3.63) is 89.9 Å². The highest BCUT2D eigenvalue weighted by Gasteiger charge is 2.09. The van der Waals surface area contributed by atoms with Gasteiger partial charge in [0.05, 0.1) is 11.9 Å². The summed E-state index contributed by atoms with van der Waals surface area (Å²) in [5.74, 6) is -0.209. The third-order valence-electron chi connectivity index (χ3n) is 4.79. The number of benzene rings is 2. The van der Waals surface area contributed by atoms with Crippen LogP contribution in [0.5, 0.6) is 0 Å². The molecule has 0 spiro atoms. The quantitative estimate of drug-likeness (QED) is 0.457.